The fourth-order valence-corrected chi connectivity index (χ4v) is 2.33. The van der Waals surface area contributed by atoms with Crippen molar-refractivity contribution in [3.63, 3.8) is 0 Å². The largest absolute Gasteiger partial charge is 0.504 e. The zero-order valence-corrected chi connectivity index (χ0v) is 11.2. The van der Waals surface area contributed by atoms with Gasteiger partial charge in [-0.25, -0.2) is 0 Å². The molecule has 6 nitrogen and oxygen atoms in total. The van der Waals surface area contributed by atoms with Crippen molar-refractivity contribution in [2.75, 3.05) is 20.3 Å². The molecule has 1 aliphatic rings. The third-order valence-corrected chi connectivity index (χ3v) is 3.48. The summed E-state index contributed by atoms with van der Waals surface area (Å²) in [4.78, 5) is 4.39. The lowest BCUT2D eigenvalue weighted by Crippen LogP contribution is -2.15. The molecule has 0 bridgehead atoms. The van der Waals surface area contributed by atoms with Crippen LogP contribution >= 0.6 is 0 Å². The molecule has 0 atom stereocenters. The van der Waals surface area contributed by atoms with Crippen LogP contribution in [0, 0.1) is 0 Å². The van der Waals surface area contributed by atoms with Gasteiger partial charge in [0.1, 0.15) is 0 Å². The van der Waals surface area contributed by atoms with E-state index < -0.39 is 0 Å². The summed E-state index contributed by atoms with van der Waals surface area (Å²) in [6.07, 6.45) is 1.78. The van der Waals surface area contributed by atoms with Crippen molar-refractivity contribution in [3.8, 4) is 23.0 Å². The highest BCUT2D eigenvalue weighted by Crippen LogP contribution is 2.36. The molecule has 20 heavy (non-hydrogen) atoms. The first-order valence-corrected chi connectivity index (χ1v) is 6.57. The van der Waals surface area contributed by atoms with Crippen LogP contribution in [0.5, 0.6) is 11.5 Å². The van der Waals surface area contributed by atoms with Gasteiger partial charge in [-0.05, 0) is 25.0 Å². The zero-order chi connectivity index (χ0) is 13.9. The maximum atomic E-state index is 10.1. The van der Waals surface area contributed by atoms with Crippen LogP contribution in [0.1, 0.15) is 24.6 Å². The third-order valence-electron chi connectivity index (χ3n) is 3.48. The highest BCUT2D eigenvalue weighted by atomic mass is 16.5. The number of hydrogen-bond acceptors (Lipinski definition) is 6. The van der Waals surface area contributed by atoms with Gasteiger partial charge in [-0.3, -0.25) is 0 Å². The van der Waals surface area contributed by atoms with Gasteiger partial charge in [0.25, 0.3) is 5.89 Å². The molecule has 0 unspecified atom stereocenters. The molecule has 0 saturated carbocycles. The lowest BCUT2D eigenvalue weighted by atomic mass is 10.00. The van der Waals surface area contributed by atoms with Gasteiger partial charge in [0, 0.05) is 19.1 Å². The fourth-order valence-electron chi connectivity index (χ4n) is 2.33. The highest BCUT2D eigenvalue weighted by Gasteiger charge is 2.23. The van der Waals surface area contributed by atoms with Crippen LogP contribution in [0.2, 0.25) is 0 Å². The molecule has 1 aliphatic heterocycles. The minimum atomic E-state index is 0.0113. The van der Waals surface area contributed by atoms with Gasteiger partial charge in [0.15, 0.2) is 17.3 Å². The van der Waals surface area contributed by atoms with E-state index in [-0.39, 0.29) is 11.7 Å². The van der Waals surface area contributed by atoms with Crippen molar-refractivity contribution in [2.45, 2.75) is 18.8 Å². The summed E-state index contributed by atoms with van der Waals surface area (Å²) < 4.78 is 15.7. The Labute approximate surface area is 116 Å². The summed E-state index contributed by atoms with van der Waals surface area (Å²) in [5.41, 5.74) is 0.482. The average molecular weight is 276 g/mol. The Morgan fingerprint density at radius 2 is 2.10 bits per heavy atom. The molecule has 106 valence electrons. The number of aromatic hydroxyl groups is 1. The molecule has 3 rings (SSSR count). The summed E-state index contributed by atoms with van der Waals surface area (Å²) in [6.45, 7) is 1.44. The molecule has 1 N–H and O–H groups in total. The van der Waals surface area contributed by atoms with Crippen LogP contribution in [0.15, 0.2) is 22.7 Å². The normalized spacial score (nSPS) is 16.2. The Morgan fingerprint density at radius 3 is 2.85 bits per heavy atom. The van der Waals surface area contributed by atoms with E-state index in [0.29, 0.717) is 23.0 Å². The molecule has 0 aliphatic carbocycles. The molecule has 1 saturated heterocycles. The van der Waals surface area contributed by atoms with Crippen LogP contribution in [0.4, 0.5) is 0 Å². The van der Waals surface area contributed by atoms with Crippen molar-refractivity contribution in [3.05, 3.63) is 24.0 Å². The van der Waals surface area contributed by atoms with Crippen LogP contribution in [0.25, 0.3) is 11.5 Å². The van der Waals surface area contributed by atoms with Gasteiger partial charge in [-0.15, -0.1) is 0 Å². The van der Waals surface area contributed by atoms with E-state index >= 15 is 0 Å². The Balaban J connectivity index is 1.90. The second-order valence-electron chi connectivity index (χ2n) is 4.70. The van der Waals surface area contributed by atoms with E-state index in [9.17, 15) is 5.11 Å². The van der Waals surface area contributed by atoms with Crippen molar-refractivity contribution in [1.82, 2.24) is 10.1 Å². The molecular formula is C14H16N2O4. The van der Waals surface area contributed by atoms with Crippen LogP contribution in [-0.2, 0) is 4.74 Å². The minimum Gasteiger partial charge on any atom is -0.504 e. The van der Waals surface area contributed by atoms with Crippen molar-refractivity contribution in [2.24, 2.45) is 0 Å². The van der Waals surface area contributed by atoms with Gasteiger partial charge in [0.05, 0.1) is 12.7 Å². The molecule has 1 aromatic heterocycles. The molecule has 0 radical (unpaired) electrons. The van der Waals surface area contributed by atoms with Gasteiger partial charge < -0.3 is 19.1 Å². The number of rotatable bonds is 3. The maximum Gasteiger partial charge on any atom is 0.261 e. The molecule has 6 heteroatoms. The minimum absolute atomic E-state index is 0.0113. The van der Waals surface area contributed by atoms with Crippen molar-refractivity contribution in [1.29, 1.82) is 0 Å². The standard InChI is InChI=1S/C14H16N2O4/c1-18-11-4-2-3-10(12(11)17)14-15-13(16-20-14)9-5-7-19-8-6-9/h2-4,9,17H,5-8H2,1H3. The van der Waals surface area contributed by atoms with Crippen molar-refractivity contribution < 1.29 is 19.1 Å². The number of benzene rings is 1. The fraction of sp³-hybridized carbons (Fsp3) is 0.429. The predicted octanol–water partition coefficient (Wildman–Crippen LogP) is 2.34. The van der Waals surface area contributed by atoms with Gasteiger partial charge in [-0.2, -0.15) is 4.98 Å². The third kappa shape index (κ3) is 2.34. The van der Waals surface area contributed by atoms with Crippen molar-refractivity contribution >= 4 is 0 Å². The van der Waals surface area contributed by atoms with Crippen LogP contribution in [0.3, 0.4) is 0 Å². The molecule has 1 aromatic carbocycles. The Hall–Kier alpha value is -2.08. The topological polar surface area (TPSA) is 77.6 Å². The number of hydrogen-bond donors (Lipinski definition) is 1. The number of para-hydroxylation sites is 1. The number of ether oxygens (including phenoxy) is 2. The summed E-state index contributed by atoms with van der Waals surface area (Å²) in [5, 5.41) is 14.1. The Bertz CT molecular complexity index is 591. The van der Waals surface area contributed by atoms with E-state index in [1.165, 1.54) is 7.11 Å². The molecule has 2 aromatic rings. The second kappa shape index (κ2) is 5.50. The quantitative estimate of drug-likeness (QED) is 0.927. The number of methoxy groups -OCH3 is 1. The lowest BCUT2D eigenvalue weighted by molar-refractivity contribution is 0.0830. The van der Waals surface area contributed by atoms with Gasteiger partial charge in [0.2, 0.25) is 0 Å². The maximum absolute atomic E-state index is 10.1. The number of nitrogens with zero attached hydrogens (tertiary/aromatic N) is 2. The number of phenolic OH excluding ortho intramolecular Hbond substituents is 1. The smallest absolute Gasteiger partial charge is 0.261 e. The monoisotopic (exact) mass is 276 g/mol. The van der Waals surface area contributed by atoms with Crippen LogP contribution < -0.4 is 4.74 Å². The van der Waals surface area contributed by atoms with E-state index in [4.69, 9.17) is 14.0 Å². The van der Waals surface area contributed by atoms with Gasteiger partial charge in [-0.1, -0.05) is 11.2 Å². The average Bonchev–Trinajstić information content (AvgIpc) is 2.98. The first-order chi connectivity index (χ1) is 9.79. The summed E-state index contributed by atoms with van der Waals surface area (Å²) in [7, 11) is 1.50. The molecular weight excluding hydrogens is 260 g/mol. The first-order valence-electron chi connectivity index (χ1n) is 6.57. The number of aromatic nitrogens is 2. The molecule has 0 spiro atoms. The number of phenols is 1. The Morgan fingerprint density at radius 1 is 1.30 bits per heavy atom. The van der Waals surface area contributed by atoms with E-state index in [1.54, 1.807) is 18.2 Å². The van der Waals surface area contributed by atoms with E-state index in [1.807, 2.05) is 0 Å². The summed E-state index contributed by atoms with van der Waals surface area (Å²) >= 11 is 0. The van der Waals surface area contributed by atoms with Crippen LogP contribution in [-0.4, -0.2) is 35.6 Å². The highest BCUT2D eigenvalue weighted by molar-refractivity contribution is 5.66. The zero-order valence-electron chi connectivity index (χ0n) is 11.2. The Kier molecular flexibility index (Phi) is 3.56. The van der Waals surface area contributed by atoms with E-state index in [0.717, 1.165) is 26.1 Å². The second-order valence-corrected chi connectivity index (χ2v) is 4.70. The molecule has 2 heterocycles. The SMILES string of the molecule is COc1cccc(-c2nc(C3CCOCC3)no2)c1O. The summed E-state index contributed by atoms with van der Waals surface area (Å²) in [5.74, 6) is 1.63. The summed E-state index contributed by atoms with van der Waals surface area (Å²) in [6, 6.07) is 5.17. The van der Waals surface area contributed by atoms with E-state index in [2.05, 4.69) is 10.1 Å². The first kappa shape index (κ1) is 12.9. The molecule has 1 fully saturated rings. The molecule has 0 amide bonds. The van der Waals surface area contributed by atoms with Gasteiger partial charge >= 0.3 is 0 Å². The predicted molar refractivity (Wildman–Crippen MR) is 70.7 cm³/mol. The lowest BCUT2D eigenvalue weighted by Gasteiger charge is -2.18.